The number of methoxy groups -OCH3 is 4. The van der Waals surface area contributed by atoms with E-state index in [-0.39, 0.29) is 51.0 Å². The van der Waals surface area contributed by atoms with E-state index in [0.29, 0.717) is 0 Å². The number of carbonyl (C=O) groups excluding carboxylic acids is 2. The van der Waals surface area contributed by atoms with Gasteiger partial charge < -0.3 is 29.2 Å². The van der Waals surface area contributed by atoms with E-state index >= 15 is 0 Å². The number of ether oxygens (including phenoxy) is 4. The van der Waals surface area contributed by atoms with Crippen molar-refractivity contribution in [3.8, 4) is 45.6 Å². The number of rotatable bonds is 7. The van der Waals surface area contributed by atoms with Crippen LogP contribution in [-0.2, 0) is 0 Å². The lowest BCUT2D eigenvalue weighted by atomic mass is 9.93. The summed E-state index contributed by atoms with van der Waals surface area (Å²) in [5.41, 5.74) is 0.0389. The normalized spacial score (nSPS) is 10.4. The Morgan fingerprint density at radius 3 is 1.64 bits per heavy atom. The second-order valence-corrected chi connectivity index (χ2v) is 5.87. The van der Waals surface area contributed by atoms with Gasteiger partial charge in [-0.05, 0) is 13.8 Å². The summed E-state index contributed by atoms with van der Waals surface area (Å²) < 4.78 is 21.3. The number of phenols is 2. The van der Waals surface area contributed by atoms with Crippen LogP contribution in [0.4, 0.5) is 0 Å². The van der Waals surface area contributed by atoms with Crippen molar-refractivity contribution in [1.29, 1.82) is 0 Å². The van der Waals surface area contributed by atoms with Gasteiger partial charge in [0, 0.05) is 12.1 Å². The lowest BCUT2D eigenvalue weighted by Gasteiger charge is -2.21. The first-order valence-electron chi connectivity index (χ1n) is 8.21. The lowest BCUT2D eigenvalue weighted by molar-refractivity contribution is 0.0998. The van der Waals surface area contributed by atoms with Gasteiger partial charge in [-0.1, -0.05) is 0 Å². The molecule has 28 heavy (non-hydrogen) atoms. The van der Waals surface area contributed by atoms with E-state index in [1.165, 1.54) is 54.4 Å². The summed E-state index contributed by atoms with van der Waals surface area (Å²) >= 11 is 0. The molecule has 0 heterocycles. The van der Waals surface area contributed by atoms with Crippen LogP contribution in [0.25, 0.3) is 11.1 Å². The molecule has 0 aliphatic heterocycles. The van der Waals surface area contributed by atoms with E-state index in [1.807, 2.05) is 0 Å². The first kappa shape index (κ1) is 20.9. The molecule has 2 aromatic carbocycles. The number of aromatic hydroxyl groups is 2. The molecule has 0 amide bonds. The minimum atomic E-state index is -0.461. The third kappa shape index (κ3) is 3.28. The summed E-state index contributed by atoms with van der Waals surface area (Å²) in [6, 6.07) is 2.66. The van der Waals surface area contributed by atoms with Crippen LogP contribution in [0.2, 0.25) is 0 Å². The van der Waals surface area contributed by atoms with Crippen molar-refractivity contribution in [2.45, 2.75) is 13.8 Å². The minimum absolute atomic E-state index is 0.0300. The molecule has 0 fully saturated rings. The van der Waals surface area contributed by atoms with Gasteiger partial charge in [0.15, 0.2) is 11.6 Å². The van der Waals surface area contributed by atoms with E-state index < -0.39 is 17.3 Å². The Balaban J connectivity index is 3.11. The summed E-state index contributed by atoms with van der Waals surface area (Å²) in [5.74, 6) is -1.33. The average molecular weight is 390 g/mol. The van der Waals surface area contributed by atoms with Gasteiger partial charge in [0.05, 0.1) is 39.6 Å². The van der Waals surface area contributed by atoms with Crippen LogP contribution >= 0.6 is 0 Å². The highest BCUT2D eigenvalue weighted by Gasteiger charge is 2.30. The first-order valence-corrected chi connectivity index (χ1v) is 8.21. The standard InChI is InChI=1S/C20H22O8/c1-9(21)15-11(23)7-12(25-3)18(20(15)28-6)17-14(27-5)8-13(26-4)16(10(2)22)19(17)24/h7-8,23-24H,1-6H3. The van der Waals surface area contributed by atoms with Gasteiger partial charge in [0.1, 0.15) is 45.6 Å². The Hall–Kier alpha value is -3.42. The third-order valence-electron chi connectivity index (χ3n) is 4.27. The molecular weight excluding hydrogens is 368 g/mol. The minimum Gasteiger partial charge on any atom is -0.507 e. The fourth-order valence-electron chi connectivity index (χ4n) is 3.09. The van der Waals surface area contributed by atoms with E-state index in [2.05, 4.69) is 0 Å². The average Bonchev–Trinajstić information content (AvgIpc) is 2.65. The molecular formula is C20H22O8. The van der Waals surface area contributed by atoms with Crippen molar-refractivity contribution in [2.75, 3.05) is 28.4 Å². The molecule has 0 radical (unpaired) electrons. The van der Waals surface area contributed by atoms with Crippen molar-refractivity contribution >= 4 is 11.6 Å². The SMILES string of the molecule is COc1cc(OC)c(-c2c(OC)cc(O)c(C(C)=O)c2OC)c(O)c1C(C)=O. The van der Waals surface area contributed by atoms with Crippen LogP contribution in [0.15, 0.2) is 12.1 Å². The van der Waals surface area contributed by atoms with Crippen molar-refractivity contribution < 1.29 is 38.7 Å². The number of carbonyl (C=O) groups is 2. The maximum absolute atomic E-state index is 12.1. The largest absolute Gasteiger partial charge is 0.507 e. The molecule has 0 aromatic heterocycles. The highest BCUT2D eigenvalue weighted by molar-refractivity contribution is 6.07. The highest BCUT2D eigenvalue weighted by atomic mass is 16.5. The second-order valence-electron chi connectivity index (χ2n) is 5.87. The quantitative estimate of drug-likeness (QED) is 0.693. The van der Waals surface area contributed by atoms with Crippen LogP contribution in [0.1, 0.15) is 34.6 Å². The van der Waals surface area contributed by atoms with Crippen molar-refractivity contribution in [3.05, 3.63) is 23.3 Å². The van der Waals surface area contributed by atoms with Gasteiger partial charge in [0.25, 0.3) is 0 Å². The van der Waals surface area contributed by atoms with Crippen molar-refractivity contribution in [1.82, 2.24) is 0 Å². The second kappa shape index (κ2) is 8.08. The molecule has 0 spiro atoms. The molecule has 2 aromatic rings. The summed E-state index contributed by atoms with van der Waals surface area (Å²) in [4.78, 5) is 24.2. The molecule has 2 N–H and O–H groups in total. The maximum Gasteiger partial charge on any atom is 0.167 e. The molecule has 2 rings (SSSR count). The lowest BCUT2D eigenvalue weighted by Crippen LogP contribution is -2.05. The molecule has 0 unspecified atom stereocenters. The van der Waals surface area contributed by atoms with E-state index in [9.17, 15) is 19.8 Å². The number of hydrogen-bond donors (Lipinski definition) is 2. The van der Waals surface area contributed by atoms with E-state index in [1.54, 1.807) is 0 Å². The summed E-state index contributed by atoms with van der Waals surface area (Å²) in [5, 5.41) is 21.2. The van der Waals surface area contributed by atoms with E-state index in [0.717, 1.165) is 0 Å². The Kier molecular flexibility index (Phi) is 6.03. The van der Waals surface area contributed by atoms with Crippen LogP contribution in [0, 0.1) is 0 Å². The molecule has 8 heteroatoms. The fourth-order valence-corrected chi connectivity index (χ4v) is 3.09. The van der Waals surface area contributed by atoms with Crippen LogP contribution in [-0.4, -0.2) is 50.2 Å². The highest BCUT2D eigenvalue weighted by Crippen LogP contribution is 2.53. The summed E-state index contributed by atoms with van der Waals surface area (Å²) in [6.07, 6.45) is 0. The van der Waals surface area contributed by atoms with Gasteiger partial charge in [-0.2, -0.15) is 0 Å². The summed E-state index contributed by atoms with van der Waals surface area (Å²) in [6.45, 7) is 2.54. The van der Waals surface area contributed by atoms with Crippen LogP contribution in [0.3, 0.4) is 0 Å². The predicted molar refractivity (Wildman–Crippen MR) is 101 cm³/mol. The number of hydrogen-bond acceptors (Lipinski definition) is 8. The Morgan fingerprint density at radius 1 is 0.714 bits per heavy atom. The van der Waals surface area contributed by atoms with E-state index in [4.69, 9.17) is 18.9 Å². The Labute approximate surface area is 162 Å². The first-order chi connectivity index (χ1) is 13.2. The van der Waals surface area contributed by atoms with Gasteiger partial charge in [-0.3, -0.25) is 9.59 Å². The monoisotopic (exact) mass is 390 g/mol. The molecule has 0 bridgehead atoms. The van der Waals surface area contributed by atoms with Crippen molar-refractivity contribution in [3.63, 3.8) is 0 Å². The maximum atomic E-state index is 12.1. The molecule has 150 valence electrons. The molecule has 0 saturated carbocycles. The Morgan fingerprint density at radius 2 is 1.21 bits per heavy atom. The number of benzene rings is 2. The molecule has 0 saturated heterocycles. The number of Topliss-reactive ketones (excluding diaryl/α,β-unsaturated/α-hetero) is 2. The van der Waals surface area contributed by atoms with Crippen LogP contribution < -0.4 is 18.9 Å². The number of phenolic OH excluding ortho intramolecular Hbond substituents is 2. The molecule has 0 aliphatic carbocycles. The van der Waals surface area contributed by atoms with Gasteiger partial charge >= 0.3 is 0 Å². The van der Waals surface area contributed by atoms with Gasteiger partial charge in [0.2, 0.25) is 0 Å². The zero-order valence-corrected chi connectivity index (χ0v) is 16.5. The zero-order valence-electron chi connectivity index (χ0n) is 16.5. The zero-order chi connectivity index (χ0) is 21.2. The third-order valence-corrected chi connectivity index (χ3v) is 4.27. The molecule has 0 atom stereocenters. The van der Waals surface area contributed by atoms with Crippen molar-refractivity contribution in [2.24, 2.45) is 0 Å². The molecule has 0 aliphatic rings. The van der Waals surface area contributed by atoms with Gasteiger partial charge in [-0.15, -0.1) is 0 Å². The fraction of sp³-hybridized carbons (Fsp3) is 0.300. The topological polar surface area (TPSA) is 112 Å². The predicted octanol–water partition coefficient (Wildman–Crippen LogP) is 3.20. The van der Waals surface area contributed by atoms with Crippen LogP contribution in [0.5, 0.6) is 34.5 Å². The number of ketones is 2. The summed E-state index contributed by atoms with van der Waals surface area (Å²) in [7, 11) is 5.39. The molecule has 8 nitrogen and oxygen atoms in total. The Bertz CT molecular complexity index is 946. The smallest absolute Gasteiger partial charge is 0.167 e. The van der Waals surface area contributed by atoms with Gasteiger partial charge in [-0.25, -0.2) is 0 Å².